The summed E-state index contributed by atoms with van der Waals surface area (Å²) in [4.78, 5) is 23.3. The molecule has 0 saturated heterocycles. The lowest BCUT2D eigenvalue weighted by Crippen LogP contribution is -2.37. The second-order valence-electron chi connectivity index (χ2n) is 7.15. The molecule has 0 radical (unpaired) electrons. The molecule has 0 aromatic heterocycles. The van der Waals surface area contributed by atoms with Gasteiger partial charge in [-0.1, -0.05) is 0 Å². The van der Waals surface area contributed by atoms with E-state index in [1.54, 1.807) is 0 Å². The van der Waals surface area contributed by atoms with Gasteiger partial charge < -0.3 is 15.6 Å². The Morgan fingerprint density at radius 2 is 1.82 bits per heavy atom. The molecule has 0 heterocycles. The van der Waals surface area contributed by atoms with E-state index in [0.717, 1.165) is 6.16 Å². The average molecular weight is 334 g/mol. The van der Waals surface area contributed by atoms with E-state index in [1.165, 1.54) is 0 Å². The van der Waals surface area contributed by atoms with E-state index in [4.69, 9.17) is 15.6 Å². The fourth-order valence-corrected chi connectivity index (χ4v) is 3.50. The molecule has 2 unspecified atom stereocenters. The average Bonchev–Trinajstić information content (AvgIpc) is 2.33. The third-order valence-electron chi connectivity index (χ3n) is 3.15. The number of hydrogen-bond acceptors (Lipinski definition) is 5. The third kappa shape index (κ3) is 8.66. The zero-order valence-electron chi connectivity index (χ0n) is 14.6. The number of nitrogens with one attached hydrogen (secondary N) is 1. The minimum Gasteiger partial charge on any atom is -0.480 e. The highest BCUT2D eigenvalue weighted by Crippen LogP contribution is 2.34. The summed E-state index contributed by atoms with van der Waals surface area (Å²) in [5, 5.41) is 12.2. The van der Waals surface area contributed by atoms with Crippen molar-refractivity contribution in [3.63, 3.8) is 0 Å². The number of ether oxygens (including phenoxy) is 1. The summed E-state index contributed by atoms with van der Waals surface area (Å²) in [7, 11) is -0.680. The van der Waals surface area contributed by atoms with Gasteiger partial charge in [0.05, 0.1) is 5.41 Å². The maximum Gasteiger partial charge on any atom is 0.321 e. The van der Waals surface area contributed by atoms with Crippen molar-refractivity contribution in [3.8, 4) is 0 Å². The Morgan fingerprint density at radius 3 is 2.23 bits per heavy atom. The van der Waals surface area contributed by atoms with E-state index in [1.807, 2.05) is 41.3 Å². The molecule has 22 heavy (non-hydrogen) atoms. The summed E-state index contributed by atoms with van der Waals surface area (Å²) in [6.07, 6.45) is 1.79. The van der Waals surface area contributed by atoms with Crippen LogP contribution in [0.3, 0.4) is 0 Å². The first-order valence-electron chi connectivity index (χ1n) is 7.52. The van der Waals surface area contributed by atoms with Crippen LogP contribution in [0.2, 0.25) is 0 Å². The number of carbonyl (C=O) groups excluding carboxylic acids is 1. The zero-order valence-corrected chi connectivity index (χ0v) is 15.5. The van der Waals surface area contributed by atoms with Crippen molar-refractivity contribution in [1.82, 2.24) is 5.09 Å². The van der Waals surface area contributed by atoms with Gasteiger partial charge in [0.25, 0.3) is 0 Å². The highest BCUT2D eigenvalue weighted by molar-refractivity contribution is 7.54. The van der Waals surface area contributed by atoms with Gasteiger partial charge in [0, 0.05) is 0 Å². The zero-order chi connectivity index (χ0) is 17.6. The Balaban J connectivity index is 4.45. The van der Waals surface area contributed by atoms with E-state index in [0.29, 0.717) is 19.4 Å². The smallest absolute Gasteiger partial charge is 0.321 e. The van der Waals surface area contributed by atoms with Gasteiger partial charge in [-0.2, -0.15) is 0 Å². The highest BCUT2D eigenvalue weighted by atomic mass is 31.1. The number of carboxylic acids is 1. The molecule has 0 aliphatic rings. The van der Waals surface area contributed by atoms with Crippen molar-refractivity contribution in [2.45, 2.75) is 59.1 Å². The number of aliphatic carboxylic acids is 1. The number of esters is 1. The second kappa shape index (κ2) is 8.80. The van der Waals surface area contributed by atoms with Crippen LogP contribution in [0.25, 0.3) is 0 Å². The first kappa shape index (κ1) is 21.3. The number of nitrogens with two attached hydrogens (primary N) is 1. The third-order valence-corrected chi connectivity index (χ3v) is 4.80. The topological polar surface area (TPSA) is 102 Å². The maximum atomic E-state index is 12.2. The Morgan fingerprint density at radius 1 is 1.27 bits per heavy atom. The lowest BCUT2D eigenvalue weighted by molar-refractivity contribution is -0.165. The monoisotopic (exact) mass is 334 g/mol. The number of carbonyl (C=O) groups is 2. The molecule has 0 spiro atoms. The number of carboxylic acid groups (broad SMARTS) is 1. The van der Waals surface area contributed by atoms with Gasteiger partial charge in [0.2, 0.25) is 0 Å². The predicted molar refractivity (Wildman–Crippen MR) is 90.2 cm³/mol. The number of hydrogen-bond donors (Lipinski definition) is 3. The predicted octanol–water partition coefficient (Wildman–Crippen LogP) is 2.16. The van der Waals surface area contributed by atoms with Crippen molar-refractivity contribution < 1.29 is 19.4 Å². The normalized spacial score (nSPS) is 15.2. The van der Waals surface area contributed by atoms with Crippen LogP contribution < -0.4 is 10.8 Å². The SMILES string of the molecule is CP(CCC(C)(C)C(=O)OC(C)(C)C)NC(CCN)C(=O)O. The van der Waals surface area contributed by atoms with Gasteiger partial charge in [-0.3, -0.25) is 14.7 Å². The standard InChI is InChI=1S/C15H31N2O4P/c1-14(2,3)21-13(20)15(4,5)8-10-22(6)17-11(7-9-16)12(18)19/h11,17H,7-10,16H2,1-6H3,(H,18,19). The second-order valence-corrected chi connectivity index (χ2v) is 9.26. The van der Waals surface area contributed by atoms with Gasteiger partial charge in [-0.05, 0) is 74.9 Å². The molecule has 2 atom stereocenters. The Bertz CT molecular complexity index is 380. The summed E-state index contributed by atoms with van der Waals surface area (Å²) >= 11 is 0. The Labute approximate surface area is 135 Å². The van der Waals surface area contributed by atoms with Crippen molar-refractivity contribution in [2.24, 2.45) is 11.1 Å². The molecule has 0 aromatic carbocycles. The molecule has 0 aromatic rings. The van der Waals surface area contributed by atoms with Crippen molar-refractivity contribution in [1.29, 1.82) is 0 Å². The van der Waals surface area contributed by atoms with E-state index in [2.05, 4.69) is 5.09 Å². The summed E-state index contributed by atoms with van der Waals surface area (Å²) in [6.45, 7) is 11.6. The molecule has 6 nitrogen and oxygen atoms in total. The van der Waals surface area contributed by atoms with Crippen molar-refractivity contribution in [2.75, 3.05) is 19.4 Å². The minimum absolute atomic E-state index is 0.222. The molecule has 4 N–H and O–H groups in total. The first-order valence-corrected chi connectivity index (χ1v) is 9.50. The fraction of sp³-hybridized carbons (Fsp3) is 0.867. The molecule has 0 fully saturated rings. The summed E-state index contributed by atoms with van der Waals surface area (Å²) in [5.41, 5.74) is 4.34. The molecular formula is C15H31N2O4P. The van der Waals surface area contributed by atoms with E-state index < -0.39 is 31.1 Å². The van der Waals surface area contributed by atoms with Crippen LogP contribution in [-0.2, 0) is 14.3 Å². The molecule has 0 amide bonds. The van der Waals surface area contributed by atoms with E-state index >= 15 is 0 Å². The lowest BCUT2D eigenvalue weighted by Gasteiger charge is -2.29. The molecule has 130 valence electrons. The van der Waals surface area contributed by atoms with Crippen LogP contribution in [0, 0.1) is 5.41 Å². The van der Waals surface area contributed by atoms with E-state index in [9.17, 15) is 9.59 Å². The Kier molecular flexibility index (Phi) is 8.52. The van der Waals surface area contributed by atoms with E-state index in [-0.39, 0.29) is 5.97 Å². The van der Waals surface area contributed by atoms with Crippen LogP contribution in [0.1, 0.15) is 47.5 Å². The number of rotatable bonds is 9. The molecule has 0 bridgehead atoms. The molecular weight excluding hydrogens is 303 g/mol. The van der Waals surface area contributed by atoms with Gasteiger partial charge in [0.1, 0.15) is 11.6 Å². The summed E-state index contributed by atoms with van der Waals surface area (Å²) in [6, 6.07) is -0.620. The van der Waals surface area contributed by atoms with Crippen molar-refractivity contribution >= 4 is 20.0 Å². The molecule has 0 saturated carbocycles. The van der Waals surface area contributed by atoms with Crippen LogP contribution in [-0.4, -0.2) is 48.1 Å². The fourth-order valence-electron chi connectivity index (χ4n) is 1.71. The van der Waals surface area contributed by atoms with Crippen LogP contribution in [0.5, 0.6) is 0 Å². The Hall–Kier alpha value is -0.710. The quantitative estimate of drug-likeness (QED) is 0.441. The summed E-state index contributed by atoms with van der Waals surface area (Å²) in [5.74, 6) is -1.11. The first-order chi connectivity index (χ1) is 9.89. The molecule has 0 aliphatic carbocycles. The van der Waals surface area contributed by atoms with Crippen LogP contribution >= 0.6 is 8.07 Å². The van der Waals surface area contributed by atoms with Crippen molar-refractivity contribution in [3.05, 3.63) is 0 Å². The minimum atomic E-state index is -0.883. The van der Waals surface area contributed by atoms with Gasteiger partial charge in [0.15, 0.2) is 0 Å². The van der Waals surface area contributed by atoms with Crippen LogP contribution in [0.15, 0.2) is 0 Å². The molecule has 7 heteroatoms. The largest absolute Gasteiger partial charge is 0.480 e. The maximum absolute atomic E-state index is 12.2. The highest BCUT2D eigenvalue weighted by Gasteiger charge is 2.33. The van der Waals surface area contributed by atoms with Gasteiger partial charge >= 0.3 is 11.9 Å². The molecule has 0 rings (SSSR count). The molecule has 0 aliphatic heterocycles. The van der Waals surface area contributed by atoms with Gasteiger partial charge in [-0.25, -0.2) is 0 Å². The van der Waals surface area contributed by atoms with Gasteiger partial charge in [-0.15, -0.1) is 0 Å². The lowest BCUT2D eigenvalue weighted by atomic mass is 9.90. The van der Waals surface area contributed by atoms with Crippen LogP contribution in [0.4, 0.5) is 0 Å². The summed E-state index contributed by atoms with van der Waals surface area (Å²) < 4.78 is 5.43.